The Morgan fingerprint density at radius 3 is 2.67 bits per heavy atom. The Hall–Kier alpha value is -2.15. The van der Waals surface area contributed by atoms with Crippen LogP contribution in [0.5, 0.6) is 0 Å². The molecule has 0 unspecified atom stereocenters. The first kappa shape index (κ1) is 16.7. The van der Waals surface area contributed by atoms with E-state index in [-0.39, 0.29) is 27.7 Å². The Kier molecular flexibility index (Phi) is 4.45. The summed E-state index contributed by atoms with van der Waals surface area (Å²) in [5.41, 5.74) is -0.163. The van der Waals surface area contributed by atoms with Gasteiger partial charge in [-0.3, -0.25) is 4.79 Å². The maximum atomic E-state index is 12.7. The maximum absolute atomic E-state index is 12.7. The van der Waals surface area contributed by atoms with Crippen LogP contribution in [-0.4, -0.2) is 31.2 Å². The smallest absolute Gasteiger partial charge is 0.343 e. The fourth-order valence-corrected chi connectivity index (χ4v) is 5.00. The van der Waals surface area contributed by atoms with E-state index in [1.54, 1.807) is 13.0 Å². The summed E-state index contributed by atoms with van der Waals surface area (Å²) >= 11 is 0. The molecule has 1 N–H and O–H groups in total. The minimum absolute atomic E-state index is 0.125. The monoisotopic (exact) mass is 349 g/mol. The average molecular weight is 349 g/mol. The lowest BCUT2D eigenvalue weighted by atomic mass is 10.1. The van der Waals surface area contributed by atoms with Crippen LogP contribution in [0.1, 0.15) is 43.0 Å². The predicted octanol–water partition coefficient (Wildman–Crippen LogP) is 2.42. The number of aromatic amines is 1. The van der Waals surface area contributed by atoms with Crippen LogP contribution >= 0.6 is 0 Å². The molecular formula is C17H19NO5S. The van der Waals surface area contributed by atoms with Crippen molar-refractivity contribution in [3.8, 4) is 0 Å². The molecule has 2 aromatic rings. The van der Waals surface area contributed by atoms with Crippen molar-refractivity contribution in [2.75, 3.05) is 6.61 Å². The third-order valence-electron chi connectivity index (χ3n) is 4.42. The number of hydrogen-bond acceptors (Lipinski definition) is 5. The van der Waals surface area contributed by atoms with E-state index < -0.39 is 21.2 Å². The molecule has 1 aliphatic carbocycles. The number of fused-ring (bicyclic) bond motifs is 1. The van der Waals surface area contributed by atoms with Gasteiger partial charge in [0.2, 0.25) is 5.43 Å². The number of carbonyl (C=O) groups excluding carboxylic acids is 1. The molecule has 1 fully saturated rings. The number of hydrogen-bond donors (Lipinski definition) is 1. The van der Waals surface area contributed by atoms with E-state index in [1.165, 1.54) is 18.3 Å². The molecule has 7 heteroatoms. The van der Waals surface area contributed by atoms with Gasteiger partial charge in [-0.05, 0) is 38.0 Å². The van der Waals surface area contributed by atoms with Crippen molar-refractivity contribution >= 4 is 26.7 Å². The molecule has 0 bridgehead atoms. The molecule has 0 spiro atoms. The molecule has 0 aliphatic heterocycles. The summed E-state index contributed by atoms with van der Waals surface area (Å²) in [6.45, 7) is 1.81. The molecule has 1 aromatic heterocycles. The number of sulfone groups is 1. The molecule has 3 rings (SSSR count). The van der Waals surface area contributed by atoms with Crippen LogP contribution in [0.2, 0.25) is 0 Å². The highest BCUT2D eigenvalue weighted by Gasteiger charge is 2.30. The van der Waals surface area contributed by atoms with Crippen molar-refractivity contribution < 1.29 is 17.9 Å². The number of pyridine rings is 1. The minimum Gasteiger partial charge on any atom is -0.462 e. The lowest BCUT2D eigenvalue weighted by molar-refractivity contribution is 0.0524. The highest BCUT2D eigenvalue weighted by atomic mass is 32.2. The Morgan fingerprint density at radius 2 is 2.00 bits per heavy atom. The van der Waals surface area contributed by atoms with E-state index in [9.17, 15) is 18.0 Å². The molecule has 1 aromatic carbocycles. The molecule has 24 heavy (non-hydrogen) atoms. The number of rotatable bonds is 4. The topological polar surface area (TPSA) is 93.3 Å². The van der Waals surface area contributed by atoms with Gasteiger partial charge in [0.15, 0.2) is 9.84 Å². The zero-order valence-corrected chi connectivity index (χ0v) is 14.2. The Bertz CT molecular complexity index is 939. The lowest BCUT2D eigenvalue weighted by Gasteiger charge is -2.12. The zero-order valence-electron chi connectivity index (χ0n) is 13.4. The Morgan fingerprint density at radius 1 is 1.29 bits per heavy atom. The fourth-order valence-electron chi connectivity index (χ4n) is 3.13. The first-order valence-corrected chi connectivity index (χ1v) is 9.56. The van der Waals surface area contributed by atoms with Crippen molar-refractivity contribution in [1.82, 2.24) is 4.98 Å². The first-order valence-electron chi connectivity index (χ1n) is 8.01. The molecule has 128 valence electrons. The third kappa shape index (κ3) is 2.84. The SMILES string of the molecule is CCOC(=O)c1c[nH]c2ccc(S(=O)(=O)C3CCCC3)cc2c1=O. The molecule has 6 nitrogen and oxygen atoms in total. The summed E-state index contributed by atoms with van der Waals surface area (Å²) in [7, 11) is -3.46. The van der Waals surface area contributed by atoms with Gasteiger partial charge >= 0.3 is 5.97 Å². The molecule has 1 aliphatic rings. The Balaban J connectivity index is 2.11. The van der Waals surface area contributed by atoms with Crippen molar-refractivity contribution in [3.05, 3.63) is 40.2 Å². The number of benzene rings is 1. The van der Waals surface area contributed by atoms with E-state index in [4.69, 9.17) is 4.74 Å². The molecule has 1 saturated carbocycles. The molecule has 0 saturated heterocycles. The maximum Gasteiger partial charge on any atom is 0.343 e. The number of carbonyl (C=O) groups is 1. The van der Waals surface area contributed by atoms with Crippen molar-refractivity contribution in [2.24, 2.45) is 0 Å². The normalized spacial score (nSPS) is 15.7. The lowest BCUT2D eigenvalue weighted by Crippen LogP contribution is -2.20. The second-order valence-electron chi connectivity index (χ2n) is 5.91. The Labute approximate surface area is 139 Å². The first-order chi connectivity index (χ1) is 11.4. The number of esters is 1. The summed E-state index contributed by atoms with van der Waals surface area (Å²) in [5.74, 6) is -0.718. The second-order valence-corrected chi connectivity index (χ2v) is 8.14. The van der Waals surface area contributed by atoms with Gasteiger partial charge in [0.1, 0.15) is 5.56 Å². The molecule has 0 amide bonds. The van der Waals surface area contributed by atoms with Gasteiger partial charge in [0.25, 0.3) is 0 Å². The van der Waals surface area contributed by atoms with Gasteiger partial charge in [-0.25, -0.2) is 13.2 Å². The fraction of sp³-hybridized carbons (Fsp3) is 0.412. The van der Waals surface area contributed by atoms with Crippen LogP contribution in [-0.2, 0) is 14.6 Å². The number of H-pyrrole nitrogens is 1. The predicted molar refractivity (Wildman–Crippen MR) is 90.0 cm³/mol. The standard InChI is InChI=1S/C17H19NO5S/c1-2-23-17(20)14-10-18-15-8-7-12(9-13(15)16(14)19)24(21,22)11-5-3-4-6-11/h7-11H,2-6H2,1H3,(H,18,19). The number of aromatic nitrogens is 1. The summed E-state index contributed by atoms with van der Waals surface area (Å²) in [6, 6.07) is 4.44. The van der Waals surface area contributed by atoms with Crippen molar-refractivity contribution in [2.45, 2.75) is 42.8 Å². The quantitative estimate of drug-likeness (QED) is 0.856. The van der Waals surface area contributed by atoms with Crippen LogP contribution in [0.3, 0.4) is 0 Å². The van der Waals surface area contributed by atoms with E-state index >= 15 is 0 Å². The van der Waals surface area contributed by atoms with Crippen molar-refractivity contribution in [1.29, 1.82) is 0 Å². The summed E-state index contributed by atoms with van der Waals surface area (Å²) < 4.78 is 30.3. The zero-order chi connectivity index (χ0) is 17.3. The third-order valence-corrected chi connectivity index (χ3v) is 6.68. The highest BCUT2D eigenvalue weighted by molar-refractivity contribution is 7.92. The highest BCUT2D eigenvalue weighted by Crippen LogP contribution is 2.30. The molecule has 1 heterocycles. The van der Waals surface area contributed by atoms with Gasteiger partial charge in [-0.2, -0.15) is 0 Å². The van der Waals surface area contributed by atoms with Gasteiger partial charge < -0.3 is 9.72 Å². The van der Waals surface area contributed by atoms with Crippen LogP contribution < -0.4 is 5.43 Å². The van der Waals surface area contributed by atoms with Gasteiger partial charge in [0, 0.05) is 17.1 Å². The second kappa shape index (κ2) is 6.39. The van der Waals surface area contributed by atoms with Crippen LogP contribution in [0.4, 0.5) is 0 Å². The summed E-state index contributed by atoms with van der Waals surface area (Å²) in [6.07, 6.45) is 4.42. The van der Waals surface area contributed by atoms with Crippen LogP contribution in [0.15, 0.2) is 34.1 Å². The largest absolute Gasteiger partial charge is 0.462 e. The van der Waals surface area contributed by atoms with E-state index in [2.05, 4.69) is 4.98 Å². The van der Waals surface area contributed by atoms with E-state index in [1.807, 2.05) is 0 Å². The van der Waals surface area contributed by atoms with Gasteiger partial charge in [0.05, 0.1) is 16.8 Å². The summed E-state index contributed by atoms with van der Waals surface area (Å²) in [5, 5.41) is -0.207. The van der Waals surface area contributed by atoms with Crippen molar-refractivity contribution in [3.63, 3.8) is 0 Å². The number of nitrogens with one attached hydrogen (secondary N) is 1. The van der Waals surface area contributed by atoms with Gasteiger partial charge in [-0.1, -0.05) is 12.8 Å². The summed E-state index contributed by atoms with van der Waals surface area (Å²) in [4.78, 5) is 27.4. The molecule has 0 atom stereocenters. The van der Waals surface area contributed by atoms with Crippen LogP contribution in [0, 0.1) is 0 Å². The average Bonchev–Trinajstić information content (AvgIpc) is 3.10. The van der Waals surface area contributed by atoms with E-state index in [0.29, 0.717) is 18.4 Å². The minimum atomic E-state index is -3.46. The van der Waals surface area contributed by atoms with Crippen LogP contribution in [0.25, 0.3) is 10.9 Å². The number of ether oxygens (including phenoxy) is 1. The molecular weight excluding hydrogens is 330 g/mol. The van der Waals surface area contributed by atoms with E-state index in [0.717, 1.165) is 12.8 Å². The molecule has 0 radical (unpaired) electrons. The van der Waals surface area contributed by atoms with Gasteiger partial charge in [-0.15, -0.1) is 0 Å².